The molecule has 0 aliphatic heterocycles. The molecule has 0 unspecified atom stereocenters. The van der Waals surface area contributed by atoms with Gasteiger partial charge in [0.25, 0.3) is 0 Å². The molecule has 0 saturated heterocycles. The minimum absolute atomic E-state index is 0.266. The Morgan fingerprint density at radius 3 is 2.85 bits per heavy atom. The van der Waals surface area contributed by atoms with Crippen LogP contribution in [0.1, 0.15) is 15.5 Å². The van der Waals surface area contributed by atoms with E-state index in [-0.39, 0.29) is 5.69 Å². The molecular weight excluding hydrogens is 278 g/mol. The third kappa shape index (κ3) is 2.46. The predicted octanol–water partition coefficient (Wildman–Crippen LogP) is 2.78. The number of carbonyl (C=O) groups is 1. The van der Waals surface area contributed by atoms with Gasteiger partial charge in [0.2, 0.25) is 0 Å². The van der Waals surface area contributed by atoms with Gasteiger partial charge in [-0.3, -0.25) is 0 Å². The molecule has 20 heavy (non-hydrogen) atoms. The van der Waals surface area contributed by atoms with Crippen LogP contribution in [0.4, 0.5) is 0 Å². The molecule has 0 aliphatic rings. The highest BCUT2D eigenvalue weighted by molar-refractivity contribution is 7.09. The van der Waals surface area contributed by atoms with Crippen molar-refractivity contribution in [2.75, 3.05) is 0 Å². The SMILES string of the molecule is Cc1nc(C(=O)Oc2ccc3ccc(=O)oc3c2)cs1. The fraction of sp³-hybridized carbons (Fsp3) is 0.0714. The fourth-order valence-electron chi connectivity index (χ4n) is 1.72. The Kier molecular flexibility index (Phi) is 3.08. The van der Waals surface area contributed by atoms with Crippen LogP contribution in [0, 0.1) is 6.92 Å². The van der Waals surface area contributed by atoms with Crippen molar-refractivity contribution in [3.05, 3.63) is 56.8 Å². The Morgan fingerprint density at radius 1 is 1.30 bits per heavy atom. The van der Waals surface area contributed by atoms with E-state index in [0.29, 0.717) is 11.3 Å². The van der Waals surface area contributed by atoms with E-state index in [1.54, 1.807) is 23.6 Å². The zero-order chi connectivity index (χ0) is 14.1. The Balaban J connectivity index is 1.91. The van der Waals surface area contributed by atoms with Crippen molar-refractivity contribution in [2.45, 2.75) is 6.92 Å². The van der Waals surface area contributed by atoms with E-state index < -0.39 is 11.6 Å². The number of aromatic nitrogens is 1. The molecule has 0 radical (unpaired) electrons. The van der Waals surface area contributed by atoms with Gasteiger partial charge in [0.05, 0.1) is 5.01 Å². The van der Waals surface area contributed by atoms with Crippen LogP contribution in [0.15, 0.2) is 44.9 Å². The smallest absolute Gasteiger partial charge is 0.363 e. The Hall–Kier alpha value is -2.47. The van der Waals surface area contributed by atoms with E-state index in [0.717, 1.165) is 10.4 Å². The maximum absolute atomic E-state index is 11.9. The van der Waals surface area contributed by atoms with Crippen LogP contribution < -0.4 is 10.4 Å². The number of rotatable bonds is 2. The summed E-state index contributed by atoms with van der Waals surface area (Å²) in [5.41, 5.74) is 0.190. The van der Waals surface area contributed by atoms with Crippen LogP contribution in [-0.4, -0.2) is 11.0 Å². The van der Waals surface area contributed by atoms with Crippen molar-refractivity contribution in [1.29, 1.82) is 0 Å². The number of esters is 1. The zero-order valence-electron chi connectivity index (χ0n) is 10.5. The average Bonchev–Trinajstić information content (AvgIpc) is 2.85. The summed E-state index contributed by atoms with van der Waals surface area (Å²) in [5.74, 6) is -0.227. The molecule has 0 spiro atoms. The predicted molar refractivity (Wildman–Crippen MR) is 74.3 cm³/mol. The number of nitrogens with zero attached hydrogens (tertiary/aromatic N) is 1. The summed E-state index contributed by atoms with van der Waals surface area (Å²) in [6, 6.07) is 7.85. The number of carbonyl (C=O) groups excluding carboxylic acids is 1. The summed E-state index contributed by atoms with van der Waals surface area (Å²) >= 11 is 1.38. The molecule has 2 aromatic heterocycles. The third-order valence-corrected chi connectivity index (χ3v) is 3.41. The first-order valence-corrected chi connectivity index (χ1v) is 6.68. The number of thiazole rings is 1. The topological polar surface area (TPSA) is 69.4 Å². The van der Waals surface area contributed by atoms with Gasteiger partial charge in [0, 0.05) is 22.9 Å². The van der Waals surface area contributed by atoms with Crippen LogP contribution in [0.2, 0.25) is 0 Å². The molecule has 0 N–H and O–H groups in total. The summed E-state index contributed by atoms with van der Waals surface area (Å²) in [7, 11) is 0. The van der Waals surface area contributed by atoms with Crippen LogP contribution in [0.3, 0.4) is 0 Å². The van der Waals surface area contributed by atoms with Gasteiger partial charge in [-0.25, -0.2) is 14.6 Å². The molecule has 0 fully saturated rings. The molecule has 100 valence electrons. The molecule has 0 amide bonds. The van der Waals surface area contributed by atoms with Gasteiger partial charge in [-0.1, -0.05) is 0 Å². The van der Waals surface area contributed by atoms with E-state index in [2.05, 4.69) is 4.98 Å². The third-order valence-electron chi connectivity index (χ3n) is 2.63. The number of ether oxygens (including phenoxy) is 1. The lowest BCUT2D eigenvalue weighted by atomic mass is 10.2. The second kappa shape index (κ2) is 4.90. The average molecular weight is 287 g/mol. The monoisotopic (exact) mass is 287 g/mol. The fourth-order valence-corrected chi connectivity index (χ4v) is 2.30. The quantitative estimate of drug-likeness (QED) is 0.412. The number of benzene rings is 1. The van der Waals surface area contributed by atoms with E-state index in [4.69, 9.17) is 9.15 Å². The van der Waals surface area contributed by atoms with Crippen molar-refractivity contribution in [2.24, 2.45) is 0 Å². The number of hydrogen-bond donors (Lipinski definition) is 0. The van der Waals surface area contributed by atoms with E-state index >= 15 is 0 Å². The maximum atomic E-state index is 11.9. The van der Waals surface area contributed by atoms with Crippen molar-refractivity contribution in [1.82, 2.24) is 4.98 Å². The number of fused-ring (bicyclic) bond motifs is 1. The minimum Gasteiger partial charge on any atom is -0.423 e. The Morgan fingerprint density at radius 2 is 2.10 bits per heavy atom. The van der Waals surface area contributed by atoms with E-state index in [1.807, 2.05) is 6.92 Å². The summed E-state index contributed by atoms with van der Waals surface area (Å²) in [5, 5.41) is 3.19. The van der Waals surface area contributed by atoms with Crippen molar-refractivity contribution in [3.63, 3.8) is 0 Å². The van der Waals surface area contributed by atoms with Gasteiger partial charge in [-0.15, -0.1) is 11.3 Å². The van der Waals surface area contributed by atoms with Gasteiger partial charge in [0.15, 0.2) is 5.69 Å². The standard InChI is InChI=1S/C14H9NO4S/c1-8-15-11(7-20-8)14(17)18-10-4-2-9-3-5-13(16)19-12(9)6-10/h2-7H,1H3. The van der Waals surface area contributed by atoms with Crippen molar-refractivity contribution in [3.8, 4) is 5.75 Å². The lowest BCUT2D eigenvalue weighted by molar-refractivity contribution is 0.0729. The second-order valence-electron chi connectivity index (χ2n) is 4.10. The molecule has 0 atom stereocenters. The van der Waals surface area contributed by atoms with Crippen LogP contribution in [-0.2, 0) is 0 Å². The summed E-state index contributed by atoms with van der Waals surface area (Å²) in [4.78, 5) is 27.1. The molecule has 5 nitrogen and oxygen atoms in total. The van der Waals surface area contributed by atoms with E-state index in [9.17, 15) is 9.59 Å². The molecule has 3 aromatic rings. The summed E-state index contributed by atoms with van der Waals surface area (Å²) in [6.07, 6.45) is 0. The van der Waals surface area contributed by atoms with Gasteiger partial charge in [-0.05, 0) is 25.1 Å². The number of hydrogen-bond acceptors (Lipinski definition) is 6. The van der Waals surface area contributed by atoms with Gasteiger partial charge in [-0.2, -0.15) is 0 Å². The highest BCUT2D eigenvalue weighted by atomic mass is 32.1. The lowest BCUT2D eigenvalue weighted by Gasteiger charge is -2.03. The lowest BCUT2D eigenvalue weighted by Crippen LogP contribution is -2.09. The van der Waals surface area contributed by atoms with Gasteiger partial charge in [0.1, 0.15) is 11.3 Å². The first-order valence-electron chi connectivity index (χ1n) is 5.80. The van der Waals surface area contributed by atoms with Crippen molar-refractivity contribution < 1.29 is 13.9 Å². The molecule has 0 bridgehead atoms. The van der Waals surface area contributed by atoms with Gasteiger partial charge < -0.3 is 9.15 Å². The van der Waals surface area contributed by atoms with Crippen LogP contribution in [0.25, 0.3) is 11.0 Å². The molecule has 2 heterocycles. The molecule has 6 heteroatoms. The zero-order valence-corrected chi connectivity index (χ0v) is 11.3. The summed E-state index contributed by atoms with van der Waals surface area (Å²) in [6.45, 7) is 1.81. The Bertz CT molecular complexity index is 850. The molecule has 1 aromatic carbocycles. The van der Waals surface area contributed by atoms with Gasteiger partial charge >= 0.3 is 11.6 Å². The number of aryl methyl sites for hydroxylation is 1. The minimum atomic E-state index is -0.535. The molecule has 0 aliphatic carbocycles. The molecule has 3 rings (SSSR count). The Labute approximate surface area is 117 Å². The second-order valence-corrected chi connectivity index (χ2v) is 5.16. The molecular formula is C14H9NO4S. The molecule has 0 saturated carbocycles. The largest absolute Gasteiger partial charge is 0.423 e. The normalized spacial score (nSPS) is 10.7. The van der Waals surface area contributed by atoms with Crippen molar-refractivity contribution >= 4 is 28.3 Å². The maximum Gasteiger partial charge on any atom is 0.363 e. The van der Waals surface area contributed by atoms with Crippen LogP contribution in [0.5, 0.6) is 5.75 Å². The summed E-state index contributed by atoms with van der Waals surface area (Å²) < 4.78 is 10.2. The first kappa shape index (κ1) is 12.6. The highest BCUT2D eigenvalue weighted by Crippen LogP contribution is 2.20. The highest BCUT2D eigenvalue weighted by Gasteiger charge is 2.12. The van der Waals surface area contributed by atoms with E-state index in [1.165, 1.54) is 23.5 Å². The first-order chi connectivity index (χ1) is 9.61. The van der Waals surface area contributed by atoms with Crippen LogP contribution >= 0.6 is 11.3 Å².